The molecule has 1 aromatic carbocycles. The van der Waals surface area contributed by atoms with E-state index in [0.717, 1.165) is 25.7 Å². The van der Waals surface area contributed by atoms with E-state index in [4.69, 9.17) is 9.16 Å². The molecule has 1 aromatic rings. The van der Waals surface area contributed by atoms with Gasteiger partial charge in [0.15, 0.2) is 8.32 Å². The van der Waals surface area contributed by atoms with E-state index in [1.807, 2.05) is 31.2 Å². The van der Waals surface area contributed by atoms with Gasteiger partial charge in [0, 0.05) is 6.42 Å². The first kappa shape index (κ1) is 29.6. The minimum absolute atomic E-state index is 0.0782. The molecule has 4 heteroatoms. The van der Waals surface area contributed by atoms with Crippen molar-refractivity contribution in [3.8, 4) is 11.8 Å². The van der Waals surface area contributed by atoms with Crippen molar-refractivity contribution in [2.45, 2.75) is 116 Å². The average Bonchev–Trinajstić information content (AvgIpc) is 2.73. The van der Waals surface area contributed by atoms with Crippen LogP contribution in [0.1, 0.15) is 84.6 Å². The molecule has 0 aliphatic carbocycles. The number of aliphatic hydroxyl groups is 1. The topological polar surface area (TPSA) is 38.7 Å². The van der Waals surface area contributed by atoms with E-state index in [2.05, 4.69) is 63.9 Å². The number of allylic oxidation sites excluding steroid dienone is 1. The molecule has 0 spiro atoms. The molecule has 1 N–H and O–H groups in total. The minimum Gasteiger partial charge on any atom is -0.408 e. The third kappa shape index (κ3) is 14.5. The van der Waals surface area contributed by atoms with Crippen molar-refractivity contribution < 1.29 is 14.3 Å². The summed E-state index contributed by atoms with van der Waals surface area (Å²) in [5.74, 6) is 6.47. The number of unbranched alkanes of at least 4 members (excludes halogenated alkanes) is 6. The minimum atomic E-state index is -1.90. The average molecular weight is 473 g/mol. The van der Waals surface area contributed by atoms with E-state index in [9.17, 15) is 5.11 Å². The monoisotopic (exact) mass is 472 g/mol. The van der Waals surface area contributed by atoms with Gasteiger partial charge in [0.1, 0.15) is 0 Å². The number of benzene rings is 1. The zero-order chi connectivity index (χ0) is 24.6. The lowest BCUT2D eigenvalue weighted by Crippen LogP contribution is -2.44. The van der Waals surface area contributed by atoms with Crippen LogP contribution in [0.4, 0.5) is 0 Å². The Morgan fingerprint density at radius 1 is 1.00 bits per heavy atom. The number of hydrogen-bond acceptors (Lipinski definition) is 3. The lowest BCUT2D eigenvalue weighted by atomic mass is 10.1. The van der Waals surface area contributed by atoms with Gasteiger partial charge in [-0.1, -0.05) is 95.0 Å². The second-order valence-corrected chi connectivity index (χ2v) is 15.4. The van der Waals surface area contributed by atoms with Gasteiger partial charge in [-0.15, -0.1) is 0 Å². The maximum Gasteiger partial charge on any atom is 0.193 e. The quantitative estimate of drug-likeness (QED) is 0.162. The number of hydrogen-bond donors (Lipinski definition) is 1. The summed E-state index contributed by atoms with van der Waals surface area (Å²) < 4.78 is 12.6. The van der Waals surface area contributed by atoms with Crippen LogP contribution in [0.3, 0.4) is 0 Å². The fourth-order valence-corrected chi connectivity index (χ4v) is 4.46. The Morgan fingerprint density at radius 3 is 2.27 bits per heavy atom. The van der Waals surface area contributed by atoms with Crippen LogP contribution in [0.25, 0.3) is 0 Å². The molecule has 186 valence electrons. The number of aliphatic hydroxyl groups excluding tert-OH is 1. The Labute approximate surface area is 205 Å². The van der Waals surface area contributed by atoms with E-state index < -0.39 is 8.32 Å². The zero-order valence-corrected chi connectivity index (χ0v) is 23.0. The van der Waals surface area contributed by atoms with Crippen LogP contribution in [0, 0.1) is 11.8 Å². The molecule has 0 aliphatic heterocycles. The largest absolute Gasteiger partial charge is 0.408 e. The van der Waals surface area contributed by atoms with Gasteiger partial charge in [-0.05, 0) is 55.6 Å². The predicted molar refractivity (Wildman–Crippen MR) is 144 cm³/mol. The smallest absolute Gasteiger partial charge is 0.193 e. The van der Waals surface area contributed by atoms with Gasteiger partial charge in [0.25, 0.3) is 0 Å². The summed E-state index contributed by atoms with van der Waals surface area (Å²) in [5.41, 5.74) is 1.18. The normalized spacial score (nSPS) is 14.2. The molecule has 1 rings (SSSR count). The molecule has 2 atom stereocenters. The Kier molecular flexibility index (Phi) is 14.6. The second kappa shape index (κ2) is 16.3. The van der Waals surface area contributed by atoms with Crippen LogP contribution in [-0.2, 0) is 15.8 Å². The summed E-state index contributed by atoms with van der Waals surface area (Å²) >= 11 is 0. The van der Waals surface area contributed by atoms with Crippen LogP contribution < -0.4 is 0 Å². The molecule has 0 heterocycles. The predicted octanol–water partition coefficient (Wildman–Crippen LogP) is 7.65. The molecule has 0 aliphatic rings. The van der Waals surface area contributed by atoms with Gasteiger partial charge in [-0.2, -0.15) is 0 Å². The molecule has 0 amide bonds. The zero-order valence-electron chi connectivity index (χ0n) is 22.0. The fourth-order valence-electron chi connectivity index (χ4n) is 3.20. The maximum atomic E-state index is 9.28. The molecule has 33 heavy (non-hydrogen) atoms. The van der Waals surface area contributed by atoms with E-state index in [-0.39, 0.29) is 17.2 Å². The molecule has 0 bridgehead atoms. The lowest BCUT2D eigenvalue weighted by molar-refractivity contribution is 0.0551. The van der Waals surface area contributed by atoms with E-state index in [0.29, 0.717) is 13.2 Å². The standard InChI is InChI=1S/C29H48O3Si/c1-26(30)20-16-13-11-9-7-8-10-12-14-19-23-28(32-33(5,6)29(2,3)4)25-31-24-27-21-17-15-18-22-27/h15,17-19,21-23,26,28,30H,7-11,13,16,20,24-25H2,1-6H3/b23-19+/t26-,28-/m0/s1. The van der Waals surface area contributed by atoms with Crippen molar-refractivity contribution in [3.63, 3.8) is 0 Å². The second-order valence-electron chi connectivity index (χ2n) is 10.6. The molecule has 0 saturated carbocycles. The Balaban J connectivity index is 2.43. The SMILES string of the molecule is C[C@H](O)CCCCCCCCC#C/C=C/[C@@H](COCc1ccccc1)O[Si](C)(C)C(C)(C)C. The Morgan fingerprint density at radius 2 is 1.64 bits per heavy atom. The third-order valence-electron chi connectivity index (χ3n) is 6.32. The summed E-state index contributed by atoms with van der Waals surface area (Å²) in [7, 11) is -1.90. The van der Waals surface area contributed by atoms with E-state index in [1.54, 1.807) is 0 Å². The van der Waals surface area contributed by atoms with Gasteiger partial charge < -0.3 is 14.3 Å². The fraction of sp³-hybridized carbons (Fsp3) is 0.655. The maximum absolute atomic E-state index is 9.28. The molecular weight excluding hydrogens is 424 g/mol. The third-order valence-corrected chi connectivity index (χ3v) is 10.8. The van der Waals surface area contributed by atoms with Gasteiger partial charge in [-0.25, -0.2) is 0 Å². The molecule has 0 radical (unpaired) electrons. The van der Waals surface area contributed by atoms with Crippen molar-refractivity contribution in [2.75, 3.05) is 6.61 Å². The first-order chi connectivity index (χ1) is 15.6. The molecule has 0 unspecified atom stereocenters. The molecule has 3 nitrogen and oxygen atoms in total. The van der Waals surface area contributed by atoms with E-state index >= 15 is 0 Å². The van der Waals surface area contributed by atoms with Gasteiger partial charge >= 0.3 is 0 Å². The number of ether oxygens (including phenoxy) is 1. The van der Waals surface area contributed by atoms with E-state index in [1.165, 1.54) is 31.2 Å². The van der Waals surface area contributed by atoms with Gasteiger partial charge in [0.2, 0.25) is 0 Å². The highest BCUT2D eigenvalue weighted by Crippen LogP contribution is 2.37. The highest BCUT2D eigenvalue weighted by atomic mass is 28.4. The van der Waals surface area contributed by atoms with Crippen LogP contribution in [-0.4, -0.2) is 32.2 Å². The summed E-state index contributed by atoms with van der Waals surface area (Å²) in [6, 6.07) is 10.3. The highest BCUT2D eigenvalue weighted by molar-refractivity contribution is 6.74. The first-order valence-corrected chi connectivity index (χ1v) is 15.7. The molecule has 0 aromatic heterocycles. The molecule has 0 fully saturated rings. The summed E-state index contributed by atoms with van der Waals surface area (Å²) in [6.07, 6.45) is 12.9. The van der Waals surface area contributed by atoms with Crippen LogP contribution in [0.5, 0.6) is 0 Å². The highest BCUT2D eigenvalue weighted by Gasteiger charge is 2.38. The van der Waals surface area contributed by atoms with Gasteiger partial charge in [0.05, 0.1) is 25.4 Å². The Bertz CT molecular complexity index is 708. The van der Waals surface area contributed by atoms with Crippen molar-refractivity contribution in [1.82, 2.24) is 0 Å². The molecule has 0 saturated heterocycles. The van der Waals surface area contributed by atoms with Crippen molar-refractivity contribution in [3.05, 3.63) is 48.0 Å². The van der Waals surface area contributed by atoms with Crippen LogP contribution in [0.15, 0.2) is 42.5 Å². The summed E-state index contributed by atoms with van der Waals surface area (Å²) in [4.78, 5) is 0. The Hall–Kier alpha value is -1.38. The van der Waals surface area contributed by atoms with Crippen LogP contribution >= 0.6 is 0 Å². The summed E-state index contributed by atoms with van der Waals surface area (Å²) in [5, 5.41) is 9.43. The van der Waals surface area contributed by atoms with Crippen molar-refractivity contribution in [2.24, 2.45) is 0 Å². The van der Waals surface area contributed by atoms with Crippen molar-refractivity contribution in [1.29, 1.82) is 0 Å². The molecular formula is C29H48O3Si. The first-order valence-electron chi connectivity index (χ1n) is 12.7. The number of rotatable bonds is 15. The van der Waals surface area contributed by atoms with Gasteiger partial charge in [-0.3, -0.25) is 0 Å². The lowest BCUT2D eigenvalue weighted by Gasteiger charge is -2.38. The summed E-state index contributed by atoms with van der Waals surface area (Å²) in [6.45, 7) is 14.3. The van der Waals surface area contributed by atoms with Crippen LogP contribution in [0.2, 0.25) is 18.1 Å². The van der Waals surface area contributed by atoms with Crippen molar-refractivity contribution >= 4 is 8.32 Å².